The van der Waals surface area contributed by atoms with E-state index >= 15 is 0 Å². The first-order valence-electron chi connectivity index (χ1n) is 8.26. The van der Waals surface area contributed by atoms with Crippen LogP contribution >= 0.6 is 0 Å². The first-order valence-corrected chi connectivity index (χ1v) is 8.26. The maximum absolute atomic E-state index is 12.4. The number of nitriles is 1. The van der Waals surface area contributed by atoms with Gasteiger partial charge in [-0.3, -0.25) is 9.59 Å². The minimum Gasteiger partial charge on any atom is -0.480 e. The smallest absolute Gasteiger partial charge is 0.480 e. The number of hydrogen-bond donors (Lipinski definition) is 3. The van der Waals surface area contributed by atoms with E-state index in [9.17, 15) is 24.9 Å². The van der Waals surface area contributed by atoms with E-state index in [1.54, 1.807) is 0 Å². The summed E-state index contributed by atoms with van der Waals surface area (Å²) in [5.41, 5.74) is -0.894. The highest BCUT2D eigenvalue weighted by atomic mass is 16.5. The second-order valence-corrected chi connectivity index (χ2v) is 6.25. The lowest BCUT2D eigenvalue weighted by Gasteiger charge is -2.32. The Morgan fingerprint density at radius 3 is 2.64 bits per heavy atom. The Balaban J connectivity index is 2.13. The van der Waals surface area contributed by atoms with E-state index in [4.69, 9.17) is 4.74 Å². The van der Waals surface area contributed by atoms with Gasteiger partial charge in [-0.25, -0.2) is 0 Å². The second kappa shape index (κ2) is 8.14. The molecule has 0 saturated heterocycles. The number of carbonyl (C=O) groups excluding carboxylic acids is 2. The Kier molecular flexibility index (Phi) is 6.18. The molecule has 0 spiro atoms. The summed E-state index contributed by atoms with van der Waals surface area (Å²) in [6, 6.07) is 6.56. The predicted molar refractivity (Wildman–Crippen MR) is 91.3 cm³/mol. The number of ether oxygens (including phenoxy) is 1. The molecule has 0 aromatic heterocycles. The number of benzene rings is 1. The van der Waals surface area contributed by atoms with E-state index in [-0.39, 0.29) is 16.8 Å². The number of rotatable bonds is 6. The van der Waals surface area contributed by atoms with E-state index in [0.29, 0.717) is 19.1 Å². The molecule has 1 fully saturated rings. The minimum absolute atomic E-state index is 0.000818. The van der Waals surface area contributed by atoms with Gasteiger partial charge in [-0.2, -0.15) is 5.26 Å². The van der Waals surface area contributed by atoms with Crippen LogP contribution in [0.2, 0.25) is 0 Å². The van der Waals surface area contributed by atoms with Crippen molar-refractivity contribution in [3.63, 3.8) is 0 Å². The van der Waals surface area contributed by atoms with Gasteiger partial charge in [0.25, 0.3) is 5.91 Å². The molecule has 1 aromatic rings. The molecule has 3 N–H and O–H groups in total. The summed E-state index contributed by atoms with van der Waals surface area (Å²) in [6.45, 7) is 1.51. The SMILES string of the molecule is CC(Oc1cccc(B(O)O)c1C=O)C(=O)NC1(C#N)CCCCC1. The van der Waals surface area contributed by atoms with Gasteiger partial charge >= 0.3 is 7.12 Å². The van der Waals surface area contributed by atoms with Crippen LogP contribution in [-0.2, 0) is 4.79 Å². The van der Waals surface area contributed by atoms with Crippen LogP contribution in [0.4, 0.5) is 0 Å². The molecule has 1 atom stereocenters. The van der Waals surface area contributed by atoms with Gasteiger partial charge in [0.2, 0.25) is 0 Å². The molecule has 1 aliphatic rings. The average molecular weight is 344 g/mol. The van der Waals surface area contributed by atoms with E-state index in [0.717, 1.165) is 19.3 Å². The highest BCUT2D eigenvalue weighted by Crippen LogP contribution is 2.27. The molecular formula is C17H21BN2O5. The predicted octanol–water partition coefficient (Wildman–Crippen LogP) is 0.289. The van der Waals surface area contributed by atoms with Crippen molar-refractivity contribution in [3.8, 4) is 11.8 Å². The topological polar surface area (TPSA) is 120 Å². The number of hydrogen-bond acceptors (Lipinski definition) is 6. The Morgan fingerprint density at radius 2 is 2.08 bits per heavy atom. The molecule has 132 valence electrons. The highest BCUT2D eigenvalue weighted by molar-refractivity contribution is 6.60. The maximum Gasteiger partial charge on any atom is 0.489 e. The van der Waals surface area contributed by atoms with Gasteiger partial charge in [0.05, 0.1) is 11.6 Å². The summed E-state index contributed by atoms with van der Waals surface area (Å²) in [7, 11) is -1.82. The van der Waals surface area contributed by atoms with Crippen LogP contribution in [-0.4, -0.2) is 41.0 Å². The van der Waals surface area contributed by atoms with Gasteiger partial charge in [0, 0.05) is 0 Å². The van der Waals surface area contributed by atoms with Gasteiger partial charge in [0.1, 0.15) is 11.3 Å². The Morgan fingerprint density at radius 1 is 1.40 bits per heavy atom. The largest absolute Gasteiger partial charge is 0.489 e. The zero-order chi connectivity index (χ0) is 18.4. The molecule has 1 aromatic carbocycles. The zero-order valence-corrected chi connectivity index (χ0v) is 14.1. The average Bonchev–Trinajstić information content (AvgIpc) is 2.62. The van der Waals surface area contributed by atoms with Crippen molar-refractivity contribution in [2.24, 2.45) is 0 Å². The fourth-order valence-electron chi connectivity index (χ4n) is 3.02. The summed E-state index contributed by atoms with van der Waals surface area (Å²) >= 11 is 0. The normalized spacial score (nSPS) is 17.0. The van der Waals surface area contributed by atoms with Crippen LogP contribution < -0.4 is 15.5 Å². The molecule has 8 heteroatoms. The highest BCUT2D eigenvalue weighted by Gasteiger charge is 2.35. The second-order valence-electron chi connectivity index (χ2n) is 6.25. The minimum atomic E-state index is -1.82. The van der Waals surface area contributed by atoms with Gasteiger partial charge in [-0.05, 0) is 31.3 Å². The maximum atomic E-state index is 12.4. The van der Waals surface area contributed by atoms with Crippen LogP contribution in [0.5, 0.6) is 5.75 Å². The standard InChI is InChI=1S/C17H21BN2O5/c1-12(16(22)20-17(11-19)8-3-2-4-9-17)25-15-7-5-6-14(18(23)24)13(15)10-21/h5-7,10,12,23-24H,2-4,8-9H2,1H3,(H,20,22). The van der Waals surface area contributed by atoms with E-state index < -0.39 is 24.7 Å². The van der Waals surface area contributed by atoms with Crippen LogP contribution in [0.15, 0.2) is 18.2 Å². The molecular weight excluding hydrogens is 323 g/mol. The summed E-state index contributed by atoms with van der Waals surface area (Å²) in [4.78, 5) is 23.7. The Bertz CT molecular complexity index is 680. The van der Waals surface area contributed by atoms with Crippen molar-refractivity contribution < 1.29 is 24.4 Å². The van der Waals surface area contributed by atoms with Gasteiger partial charge in [-0.15, -0.1) is 0 Å². The third-order valence-electron chi connectivity index (χ3n) is 4.45. The molecule has 1 amide bonds. The summed E-state index contributed by atoms with van der Waals surface area (Å²) in [5.74, 6) is -0.367. The molecule has 1 saturated carbocycles. The number of nitrogens with zero attached hydrogens (tertiary/aromatic N) is 1. The molecule has 25 heavy (non-hydrogen) atoms. The van der Waals surface area contributed by atoms with Crippen LogP contribution in [0, 0.1) is 11.3 Å². The van der Waals surface area contributed by atoms with E-state index in [1.165, 1.54) is 25.1 Å². The quantitative estimate of drug-likeness (QED) is 0.504. The molecule has 7 nitrogen and oxygen atoms in total. The van der Waals surface area contributed by atoms with Crippen molar-refractivity contribution in [1.29, 1.82) is 5.26 Å². The first-order chi connectivity index (χ1) is 11.9. The monoisotopic (exact) mass is 344 g/mol. The lowest BCUT2D eigenvalue weighted by molar-refractivity contribution is -0.129. The van der Waals surface area contributed by atoms with Crippen LogP contribution in [0.25, 0.3) is 0 Å². The zero-order valence-electron chi connectivity index (χ0n) is 14.1. The fourth-order valence-corrected chi connectivity index (χ4v) is 3.02. The van der Waals surface area contributed by atoms with Crippen molar-refractivity contribution in [2.45, 2.75) is 50.7 Å². The Hall–Kier alpha value is -2.37. The van der Waals surface area contributed by atoms with Crippen molar-refractivity contribution in [2.75, 3.05) is 0 Å². The molecule has 1 aliphatic carbocycles. The Labute approximate surface area is 146 Å². The summed E-state index contributed by atoms with van der Waals surface area (Å²) in [6.07, 6.45) is 3.53. The van der Waals surface area contributed by atoms with Crippen molar-refractivity contribution in [3.05, 3.63) is 23.8 Å². The number of nitrogens with one attached hydrogen (secondary N) is 1. The van der Waals surface area contributed by atoms with Crippen molar-refractivity contribution in [1.82, 2.24) is 5.32 Å². The summed E-state index contributed by atoms with van der Waals surface area (Å²) < 4.78 is 5.55. The van der Waals surface area contributed by atoms with Crippen LogP contribution in [0.1, 0.15) is 49.4 Å². The molecule has 0 bridgehead atoms. The fraction of sp³-hybridized carbons (Fsp3) is 0.471. The first kappa shape index (κ1) is 19.0. The number of amides is 1. The third kappa shape index (κ3) is 4.38. The molecule has 1 unspecified atom stereocenters. The van der Waals surface area contributed by atoms with E-state index in [1.807, 2.05) is 0 Å². The van der Waals surface area contributed by atoms with E-state index in [2.05, 4.69) is 11.4 Å². The molecule has 0 radical (unpaired) electrons. The lowest BCUT2D eigenvalue weighted by Crippen LogP contribution is -2.52. The van der Waals surface area contributed by atoms with Crippen molar-refractivity contribution >= 4 is 24.8 Å². The van der Waals surface area contributed by atoms with Gasteiger partial charge in [0.15, 0.2) is 12.4 Å². The molecule has 0 aliphatic heterocycles. The number of aldehydes is 1. The van der Waals surface area contributed by atoms with Gasteiger partial charge < -0.3 is 20.1 Å². The third-order valence-corrected chi connectivity index (χ3v) is 4.45. The lowest BCUT2D eigenvalue weighted by atomic mass is 9.77. The molecule has 0 heterocycles. The molecule has 2 rings (SSSR count). The number of carbonyl (C=O) groups is 2. The van der Waals surface area contributed by atoms with Crippen LogP contribution in [0.3, 0.4) is 0 Å². The van der Waals surface area contributed by atoms with Gasteiger partial charge in [-0.1, -0.05) is 31.4 Å². The summed E-state index contributed by atoms with van der Waals surface area (Å²) in [5, 5.41) is 30.8.